The third-order valence-electron chi connectivity index (χ3n) is 6.23. The number of carboxylic acids is 1. The molecule has 2 aromatic carbocycles. The highest BCUT2D eigenvalue weighted by Gasteiger charge is 2.29. The molecule has 7 heteroatoms. The summed E-state index contributed by atoms with van der Waals surface area (Å²) in [5, 5.41) is 11.8. The number of nitrogens with zero attached hydrogens (tertiary/aromatic N) is 1. The van der Waals surface area contributed by atoms with Crippen LogP contribution < -0.4 is 5.32 Å². The summed E-state index contributed by atoms with van der Waals surface area (Å²) < 4.78 is 5.63. The van der Waals surface area contributed by atoms with Gasteiger partial charge in [-0.1, -0.05) is 61.9 Å². The number of alkyl carbamates (subject to hydrolysis) is 1. The first kappa shape index (κ1) is 25.3. The topological polar surface area (TPSA) is 95.9 Å². The summed E-state index contributed by atoms with van der Waals surface area (Å²) in [5.74, 6) is -1.15. The second kappa shape index (κ2) is 11.7. The van der Waals surface area contributed by atoms with Gasteiger partial charge in [-0.2, -0.15) is 0 Å². The molecule has 0 radical (unpaired) electrons. The summed E-state index contributed by atoms with van der Waals surface area (Å²) in [5.41, 5.74) is 4.61. The summed E-state index contributed by atoms with van der Waals surface area (Å²) in [6.07, 6.45) is 0.867. The van der Waals surface area contributed by atoms with Gasteiger partial charge in [0.05, 0.1) is 6.42 Å². The number of carbonyl (C=O) groups is 3. The summed E-state index contributed by atoms with van der Waals surface area (Å²) in [7, 11) is 0. The van der Waals surface area contributed by atoms with Gasteiger partial charge in [-0.25, -0.2) is 4.79 Å². The number of amides is 2. The predicted octanol–water partition coefficient (Wildman–Crippen LogP) is 4.80. The number of carbonyl (C=O) groups excluding carboxylic acids is 2. The molecule has 0 heterocycles. The van der Waals surface area contributed by atoms with Crippen molar-refractivity contribution in [3.63, 3.8) is 0 Å². The monoisotopic (exact) mass is 466 g/mol. The van der Waals surface area contributed by atoms with Gasteiger partial charge in [-0.3, -0.25) is 9.59 Å². The molecule has 1 aliphatic rings. The number of aliphatic carboxylic acids is 1. The molecule has 34 heavy (non-hydrogen) atoms. The standard InChI is InChI=1S/C27H34N2O5/c1-4-9-19(16-25(30)29(18(2)3)15-14-26(31)32)28-27(33)34-17-24-22-12-7-5-10-20(22)21-11-6-8-13-23(21)24/h5-8,10-13,18-19,24H,4,9,14-17H2,1-3H3,(H,28,33)(H,31,32)/t19-/m0/s1. The van der Waals surface area contributed by atoms with Gasteiger partial charge in [-0.15, -0.1) is 0 Å². The first-order chi connectivity index (χ1) is 16.3. The molecular formula is C27H34N2O5. The number of nitrogens with one attached hydrogen (secondary N) is 1. The zero-order chi connectivity index (χ0) is 24.7. The molecule has 2 N–H and O–H groups in total. The van der Waals surface area contributed by atoms with E-state index in [9.17, 15) is 14.4 Å². The molecule has 0 spiro atoms. The molecule has 7 nitrogen and oxygen atoms in total. The highest BCUT2D eigenvalue weighted by molar-refractivity contribution is 5.80. The molecular weight excluding hydrogens is 432 g/mol. The molecule has 0 saturated heterocycles. The Morgan fingerprint density at radius 2 is 1.62 bits per heavy atom. The van der Waals surface area contributed by atoms with Gasteiger partial charge >= 0.3 is 12.1 Å². The van der Waals surface area contributed by atoms with E-state index in [0.29, 0.717) is 6.42 Å². The maximum Gasteiger partial charge on any atom is 0.407 e. The lowest BCUT2D eigenvalue weighted by Gasteiger charge is -2.28. The number of hydrogen-bond donors (Lipinski definition) is 2. The van der Waals surface area contributed by atoms with Crippen LogP contribution in [0.2, 0.25) is 0 Å². The number of hydrogen-bond acceptors (Lipinski definition) is 4. The lowest BCUT2D eigenvalue weighted by Crippen LogP contribution is -2.44. The molecule has 0 fully saturated rings. The minimum atomic E-state index is -0.944. The van der Waals surface area contributed by atoms with E-state index in [-0.39, 0.29) is 49.9 Å². The third kappa shape index (κ3) is 6.16. The van der Waals surface area contributed by atoms with Gasteiger partial charge in [0.25, 0.3) is 0 Å². The number of benzene rings is 2. The van der Waals surface area contributed by atoms with E-state index in [1.807, 2.05) is 45.0 Å². The molecule has 0 saturated carbocycles. The smallest absolute Gasteiger partial charge is 0.407 e. The summed E-state index contributed by atoms with van der Waals surface area (Å²) >= 11 is 0. The maximum absolute atomic E-state index is 12.8. The molecule has 1 atom stereocenters. The predicted molar refractivity (Wildman–Crippen MR) is 131 cm³/mol. The fourth-order valence-corrected chi connectivity index (χ4v) is 4.60. The van der Waals surface area contributed by atoms with Crippen LogP contribution in [-0.2, 0) is 14.3 Å². The SMILES string of the molecule is CCC[C@@H](CC(=O)N(CCC(=O)O)C(C)C)NC(=O)OCC1c2ccccc2-c2ccccc21. The number of rotatable bonds is 11. The number of ether oxygens (including phenoxy) is 1. The Morgan fingerprint density at radius 1 is 1.03 bits per heavy atom. The van der Waals surface area contributed by atoms with Crippen molar-refractivity contribution in [1.29, 1.82) is 0 Å². The highest BCUT2D eigenvalue weighted by atomic mass is 16.5. The number of carboxylic acid groups (broad SMARTS) is 1. The fraction of sp³-hybridized carbons (Fsp3) is 0.444. The largest absolute Gasteiger partial charge is 0.481 e. The normalized spacial score (nSPS) is 13.2. The minimum Gasteiger partial charge on any atom is -0.481 e. The zero-order valence-corrected chi connectivity index (χ0v) is 20.1. The molecule has 1 aliphatic carbocycles. The molecule has 0 aliphatic heterocycles. The zero-order valence-electron chi connectivity index (χ0n) is 20.1. The van der Waals surface area contributed by atoms with E-state index >= 15 is 0 Å². The average molecular weight is 467 g/mol. The molecule has 0 bridgehead atoms. The van der Waals surface area contributed by atoms with E-state index in [2.05, 4.69) is 29.6 Å². The van der Waals surface area contributed by atoms with Crippen LogP contribution in [0.25, 0.3) is 11.1 Å². The fourth-order valence-electron chi connectivity index (χ4n) is 4.60. The van der Waals surface area contributed by atoms with Crippen LogP contribution in [0, 0.1) is 0 Å². The van der Waals surface area contributed by atoms with Gasteiger partial charge in [0.1, 0.15) is 6.61 Å². The highest BCUT2D eigenvalue weighted by Crippen LogP contribution is 2.44. The van der Waals surface area contributed by atoms with Crippen molar-refractivity contribution in [2.45, 2.75) is 64.5 Å². The average Bonchev–Trinajstić information content (AvgIpc) is 3.11. The van der Waals surface area contributed by atoms with Crippen molar-refractivity contribution >= 4 is 18.0 Å². The van der Waals surface area contributed by atoms with Crippen molar-refractivity contribution in [3.8, 4) is 11.1 Å². The van der Waals surface area contributed by atoms with Crippen LogP contribution in [0.1, 0.15) is 63.5 Å². The Kier molecular flexibility index (Phi) is 8.68. The number of fused-ring (bicyclic) bond motifs is 3. The van der Waals surface area contributed by atoms with Crippen molar-refractivity contribution in [3.05, 3.63) is 59.7 Å². The summed E-state index contributed by atoms with van der Waals surface area (Å²) in [6.45, 7) is 6.06. The quantitative estimate of drug-likeness (QED) is 0.496. The Morgan fingerprint density at radius 3 is 2.15 bits per heavy atom. The minimum absolute atomic E-state index is 0.0307. The second-order valence-electron chi connectivity index (χ2n) is 8.98. The Labute approximate surface area is 201 Å². The van der Waals surface area contributed by atoms with Gasteiger partial charge in [0.2, 0.25) is 5.91 Å². The maximum atomic E-state index is 12.8. The first-order valence-electron chi connectivity index (χ1n) is 11.9. The van der Waals surface area contributed by atoms with E-state index in [1.165, 1.54) is 0 Å². The molecule has 182 valence electrons. The Hall–Kier alpha value is -3.35. The Bertz CT molecular complexity index is 974. The van der Waals surface area contributed by atoms with Crippen LogP contribution in [-0.4, -0.2) is 53.2 Å². The van der Waals surface area contributed by atoms with E-state index in [0.717, 1.165) is 28.7 Å². The van der Waals surface area contributed by atoms with Crippen molar-refractivity contribution < 1.29 is 24.2 Å². The molecule has 0 unspecified atom stereocenters. The van der Waals surface area contributed by atoms with Gasteiger partial charge in [-0.05, 0) is 42.5 Å². The van der Waals surface area contributed by atoms with E-state index in [4.69, 9.17) is 9.84 Å². The van der Waals surface area contributed by atoms with Crippen LogP contribution in [0.4, 0.5) is 4.79 Å². The summed E-state index contributed by atoms with van der Waals surface area (Å²) in [6, 6.07) is 15.8. The van der Waals surface area contributed by atoms with Crippen LogP contribution in [0.15, 0.2) is 48.5 Å². The molecule has 2 aromatic rings. The molecule has 3 rings (SSSR count). The van der Waals surface area contributed by atoms with Crippen molar-refractivity contribution in [1.82, 2.24) is 10.2 Å². The van der Waals surface area contributed by atoms with E-state index < -0.39 is 12.1 Å². The molecule has 2 amide bonds. The van der Waals surface area contributed by atoms with Crippen LogP contribution >= 0.6 is 0 Å². The van der Waals surface area contributed by atoms with Gasteiger partial charge < -0.3 is 20.1 Å². The first-order valence-corrected chi connectivity index (χ1v) is 11.9. The van der Waals surface area contributed by atoms with Crippen LogP contribution in [0.5, 0.6) is 0 Å². The van der Waals surface area contributed by atoms with Gasteiger partial charge in [0.15, 0.2) is 0 Å². The molecule has 0 aromatic heterocycles. The lowest BCUT2D eigenvalue weighted by atomic mass is 9.98. The van der Waals surface area contributed by atoms with Gasteiger partial charge in [0, 0.05) is 31.0 Å². The summed E-state index contributed by atoms with van der Waals surface area (Å²) in [4.78, 5) is 38.0. The Balaban J connectivity index is 1.61. The lowest BCUT2D eigenvalue weighted by molar-refractivity contribution is -0.139. The van der Waals surface area contributed by atoms with Crippen LogP contribution in [0.3, 0.4) is 0 Å². The van der Waals surface area contributed by atoms with Crippen molar-refractivity contribution in [2.24, 2.45) is 0 Å². The second-order valence-corrected chi connectivity index (χ2v) is 8.98. The van der Waals surface area contributed by atoms with E-state index in [1.54, 1.807) is 4.90 Å². The van der Waals surface area contributed by atoms with Crippen molar-refractivity contribution in [2.75, 3.05) is 13.2 Å². The third-order valence-corrected chi connectivity index (χ3v) is 6.23.